The average molecular weight is 297 g/mol. The quantitative estimate of drug-likeness (QED) is 0.839. The first-order valence-electron chi connectivity index (χ1n) is 7.02. The van der Waals surface area contributed by atoms with Gasteiger partial charge in [0, 0.05) is 10.9 Å². The van der Waals surface area contributed by atoms with Gasteiger partial charge in [0.05, 0.1) is 4.88 Å². The lowest BCUT2D eigenvalue weighted by atomic mass is 10.1. The fourth-order valence-electron chi connectivity index (χ4n) is 2.08. The fourth-order valence-corrected chi connectivity index (χ4v) is 3.11. The van der Waals surface area contributed by atoms with Crippen LogP contribution in [0, 0.1) is 6.92 Å². The number of aliphatic carboxylic acids is 1. The molecule has 0 bridgehead atoms. The van der Waals surface area contributed by atoms with Crippen molar-refractivity contribution in [3.63, 3.8) is 0 Å². The second-order valence-electron chi connectivity index (χ2n) is 5.03. The molecule has 5 heteroatoms. The van der Waals surface area contributed by atoms with Gasteiger partial charge in [-0.05, 0) is 38.3 Å². The van der Waals surface area contributed by atoms with Crippen LogP contribution < -0.4 is 0 Å². The molecule has 0 radical (unpaired) electrons. The lowest BCUT2D eigenvalue weighted by Crippen LogP contribution is -2.41. The Kier molecular flexibility index (Phi) is 6.20. The maximum atomic E-state index is 12.5. The molecule has 0 spiro atoms. The summed E-state index contributed by atoms with van der Waals surface area (Å²) in [4.78, 5) is 26.7. The highest BCUT2D eigenvalue weighted by atomic mass is 32.1. The molecule has 0 aliphatic heterocycles. The summed E-state index contributed by atoms with van der Waals surface area (Å²) in [5.41, 5.74) is 1.19. The van der Waals surface area contributed by atoms with Crippen LogP contribution >= 0.6 is 11.3 Å². The van der Waals surface area contributed by atoms with Crippen molar-refractivity contribution in [2.45, 2.75) is 53.0 Å². The number of carboxylic acids is 1. The molecule has 1 rings (SSSR count). The predicted octanol–water partition coefficient (Wildman–Crippen LogP) is 3.33. The third kappa shape index (κ3) is 4.07. The Hall–Kier alpha value is -1.36. The van der Waals surface area contributed by atoms with E-state index in [1.807, 2.05) is 26.8 Å². The summed E-state index contributed by atoms with van der Waals surface area (Å²) in [7, 11) is 0. The first-order valence-corrected chi connectivity index (χ1v) is 7.84. The van der Waals surface area contributed by atoms with Crippen LogP contribution in [0.2, 0.25) is 0 Å². The Labute approximate surface area is 124 Å². The van der Waals surface area contributed by atoms with Crippen molar-refractivity contribution in [1.29, 1.82) is 0 Å². The van der Waals surface area contributed by atoms with Gasteiger partial charge in [-0.15, -0.1) is 11.3 Å². The largest absolute Gasteiger partial charge is 0.480 e. The molecule has 1 atom stereocenters. The molecule has 0 saturated carbocycles. The van der Waals surface area contributed by atoms with Crippen LogP contribution in [0.15, 0.2) is 6.07 Å². The van der Waals surface area contributed by atoms with Crippen LogP contribution in [0.3, 0.4) is 0 Å². The number of amides is 1. The molecular formula is C15H23NO3S. The summed E-state index contributed by atoms with van der Waals surface area (Å²) < 4.78 is 0. The molecule has 0 aliphatic rings. The number of thiophene rings is 1. The summed E-state index contributed by atoms with van der Waals surface area (Å²) in [6, 6.07) is 1.85. The van der Waals surface area contributed by atoms with Gasteiger partial charge in [-0.25, -0.2) is 0 Å². The normalized spacial score (nSPS) is 12.2. The summed E-state index contributed by atoms with van der Waals surface area (Å²) in [5.74, 6) is -1.14. The van der Waals surface area contributed by atoms with Crippen molar-refractivity contribution < 1.29 is 14.7 Å². The number of rotatable bonds is 7. The third-order valence-corrected chi connectivity index (χ3v) is 4.52. The first kappa shape index (κ1) is 16.7. The Balaban J connectivity index is 2.99. The topological polar surface area (TPSA) is 57.6 Å². The number of carbonyl (C=O) groups is 2. The van der Waals surface area contributed by atoms with E-state index in [2.05, 4.69) is 6.92 Å². The zero-order valence-electron chi connectivity index (χ0n) is 12.6. The molecular weight excluding hydrogens is 274 g/mol. The maximum Gasteiger partial charge on any atom is 0.323 e. The summed E-state index contributed by atoms with van der Waals surface area (Å²) in [5, 5.41) is 8.98. The van der Waals surface area contributed by atoms with Crippen molar-refractivity contribution in [3.05, 3.63) is 21.4 Å². The molecule has 0 fully saturated rings. The maximum absolute atomic E-state index is 12.5. The van der Waals surface area contributed by atoms with E-state index in [0.29, 0.717) is 4.88 Å². The van der Waals surface area contributed by atoms with Gasteiger partial charge in [0.15, 0.2) is 0 Å². The molecule has 0 saturated heterocycles. The molecule has 4 nitrogen and oxygen atoms in total. The highest BCUT2D eigenvalue weighted by Gasteiger charge is 2.24. The van der Waals surface area contributed by atoms with Gasteiger partial charge in [0.1, 0.15) is 6.54 Å². The van der Waals surface area contributed by atoms with Gasteiger partial charge in [-0.1, -0.05) is 20.3 Å². The van der Waals surface area contributed by atoms with E-state index in [9.17, 15) is 9.59 Å². The van der Waals surface area contributed by atoms with E-state index in [1.54, 1.807) is 0 Å². The van der Waals surface area contributed by atoms with Crippen LogP contribution in [0.4, 0.5) is 0 Å². The average Bonchev–Trinajstić information content (AvgIpc) is 2.76. The van der Waals surface area contributed by atoms with Gasteiger partial charge in [-0.3, -0.25) is 9.59 Å². The molecule has 1 unspecified atom stereocenters. The van der Waals surface area contributed by atoms with Crippen LogP contribution in [-0.4, -0.2) is 34.5 Å². The highest BCUT2D eigenvalue weighted by Crippen LogP contribution is 2.25. The van der Waals surface area contributed by atoms with Crippen molar-refractivity contribution in [2.75, 3.05) is 6.54 Å². The highest BCUT2D eigenvalue weighted by molar-refractivity contribution is 7.14. The van der Waals surface area contributed by atoms with Crippen molar-refractivity contribution in [2.24, 2.45) is 0 Å². The van der Waals surface area contributed by atoms with Crippen LogP contribution in [0.25, 0.3) is 0 Å². The summed E-state index contributed by atoms with van der Waals surface area (Å²) in [6.07, 6.45) is 2.73. The molecule has 0 aliphatic carbocycles. The van der Waals surface area contributed by atoms with E-state index in [-0.39, 0.29) is 18.5 Å². The molecule has 0 aromatic carbocycles. The van der Waals surface area contributed by atoms with E-state index in [4.69, 9.17) is 5.11 Å². The number of carboxylic acid groups (broad SMARTS) is 1. The molecule has 20 heavy (non-hydrogen) atoms. The number of carbonyl (C=O) groups excluding carboxylic acids is 1. The number of hydrogen-bond acceptors (Lipinski definition) is 3. The standard InChI is InChI=1S/C15H23NO3S/c1-5-7-12-8-13(20-11(12)4)15(19)16(9-14(17)18)10(3)6-2/h8,10H,5-7,9H2,1-4H3,(H,17,18). The van der Waals surface area contributed by atoms with E-state index >= 15 is 0 Å². The van der Waals surface area contributed by atoms with Gasteiger partial charge in [-0.2, -0.15) is 0 Å². The van der Waals surface area contributed by atoms with E-state index in [1.165, 1.54) is 21.8 Å². The van der Waals surface area contributed by atoms with Gasteiger partial charge >= 0.3 is 5.97 Å². The Bertz CT molecular complexity index is 481. The van der Waals surface area contributed by atoms with Gasteiger partial charge < -0.3 is 10.0 Å². The Morgan fingerprint density at radius 1 is 1.40 bits per heavy atom. The smallest absolute Gasteiger partial charge is 0.323 e. The van der Waals surface area contributed by atoms with Gasteiger partial charge in [0.25, 0.3) is 5.91 Å². The second kappa shape index (κ2) is 7.43. The number of hydrogen-bond donors (Lipinski definition) is 1. The summed E-state index contributed by atoms with van der Waals surface area (Å²) in [6.45, 7) is 7.71. The minimum atomic E-state index is -0.972. The van der Waals surface area contributed by atoms with Crippen LogP contribution in [0.5, 0.6) is 0 Å². The Morgan fingerprint density at radius 2 is 2.05 bits per heavy atom. The lowest BCUT2D eigenvalue weighted by molar-refractivity contribution is -0.138. The van der Waals surface area contributed by atoms with Crippen LogP contribution in [-0.2, 0) is 11.2 Å². The predicted molar refractivity (Wildman–Crippen MR) is 81.5 cm³/mol. The molecule has 112 valence electrons. The molecule has 1 aromatic heterocycles. The van der Waals surface area contributed by atoms with Gasteiger partial charge in [0.2, 0.25) is 0 Å². The second-order valence-corrected chi connectivity index (χ2v) is 6.28. The summed E-state index contributed by atoms with van der Waals surface area (Å²) >= 11 is 1.46. The molecule has 1 N–H and O–H groups in total. The zero-order chi connectivity index (χ0) is 15.3. The van der Waals surface area contributed by atoms with Crippen molar-refractivity contribution >= 4 is 23.2 Å². The lowest BCUT2D eigenvalue weighted by Gasteiger charge is -2.26. The molecule has 1 heterocycles. The fraction of sp³-hybridized carbons (Fsp3) is 0.600. The van der Waals surface area contributed by atoms with E-state index in [0.717, 1.165) is 24.1 Å². The first-order chi connectivity index (χ1) is 9.40. The molecule has 1 amide bonds. The third-order valence-electron chi connectivity index (χ3n) is 3.44. The van der Waals surface area contributed by atoms with Crippen LogP contribution in [0.1, 0.15) is 53.7 Å². The SMILES string of the molecule is CCCc1cc(C(=O)N(CC(=O)O)C(C)CC)sc1C. The minimum Gasteiger partial charge on any atom is -0.480 e. The monoisotopic (exact) mass is 297 g/mol. The number of aryl methyl sites for hydroxylation is 2. The minimum absolute atomic E-state index is 0.0735. The number of nitrogens with zero attached hydrogens (tertiary/aromatic N) is 1. The Morgan fingerprint density at radius 3 is 2.55 bits per heavy atom. The van der Waals surface area contributed by atoms with Crippen molar-refractivity contribution in [1.82, 2.24) is 4.90 Å². The van der Waals surface area contributed by atoms with E-state index < -0.39 is 5.97 Å². The molecule has 1 aromatic rings. The van der Waals surface area contributed by atoms with Crippen molar-refractivity contribution in [3.8, 4) is 0 Å². The zero-order valence-corrected chi connectivity index (χ0v) is 13.4.